The molecule has 7 heteroatoms. The van der Waals surface area contributed by atoms with Crippen LogP contribution in [0, 0.1) is 6.92 Å². The van der Waals surface area contributed by atoms with Gasteiger partial charge >= 0.3 is 5.97 Å². The molecule has 0 heterocycles. The first-order valence-electron chi connectivity index (χ1n) is 4.88. The molecule has 0 radical (unpaired) electrons. The Balaban J connectivity index is 3.00. The summed E-state index contributed by atoms with van der Waals surface area (Å²) in [6, 6.07) is 4.86. The smallest absolute Gasteiger partial charge is 0.323 e. The Morgan fingerprint density at radius 1 is 1.53 bits per heavy atom. The molecule has 6 nitrogen and oxygen atoms in total. The molecule has 0 aliphatic rings. The van der Waals surface area contributed by atoms with Gasteiger partial charge in [0.25, 0.3) is 0 Å². The predicted octanol–water partition coefficient (Wildman–Crippen LogP) is -0.315. The standard InChI is InChI=1S/C10H14N2O4S/c1-7-3-2-4-8(5-7)17(15,16)12-9(6-11)10(13)14/h2-5,9,12H,6,11H2,1H3,(H,13,14)/t9-/m0/s1. The van der Waals surface area contributed by atoms with E-state index < -0.39 is 22.0 Å². The first-order chi connectivity index (χ1) is 7.86. The monoisotopic (exact) mass is 258 g/mol. The fourth-order valence-corrected chi connectivity index (χ4v) is 2.54. The average molecular weight is 258 g/mol. The van der Waals surface area contributed by atoms with Crippen LogP contribution in [0.25, 0.3) is 0 Å². The van der Waals surface area contributed by atoms with Crippen molar-refractivity contribution in [2.24, 2.45) is 5.73 Å². The molecule has 4 N–H and O–H groups in total. The molecule has 0 saturated heterocycles. The van der Waals surface area contributed by atoms with E-state index in [1.807, 2.05) is 4.72 Å². The highest BCUT2D eigenvalue weighted by atomic mass is 32.2. The maximum absolute atomic E-state index is 11.8. The average Bonchev–Trinajstić information content (AvgIpc) is 2.25. The maximum Gasteiger partial charge on any atom is 0.323 e. The Bertz CT molecular complexity index is 513. The van der Waals surface area contributed by atoms with Gasteiger partial charge in [0.15, 0.2) is 0 Å². The van der Waals surface area contributed by atoms with Crippen molar-refractivity contribution in [3.8, 4) is 0 Å². The van der Waals surface area contributed by atoms with E-state index in [1.54, 1.807) is 19.1 Å². The molecular formula is C10H14N2O4S. The summed E-state index contributed by atoms with van der Waals surface area (Å²) in [5.41, 5.74) is 5.95. The molecule has 17 heavy (non-hydrogen) atoms. The van der Waals surface area contributed by atoms with Crippen LogP contribution in [0.2, 0.25) is 0 Å². The summed E-state index contributed by atoms with van der Waals surface area (Å²) in [6.45, 7) is 1.44. The van der Waals surface area contributed by atoms with E-state index in [9.17, 15) is 13.2 Å². The van der Waals surface area contributed by atoms with Crippen LogP contribution in [0.4, 0.5) is 0 Å². The summed E-state index contributed by atoms with van der Waals surface area (Å²) in [6.07, 6.45) is 0. The highest BCUT2D eigenvalue weighted by Gasteiger charge is 2.23. The molecule has 1 atom stereocenters. The lowest BCUT2D eigenvalue weighted by Gasteiger charge is -2.12. The Kier molecular flexibility index (Phi) is 4.22. The van der Waals surface area contributed by atoms with Gasteiger partial charge in [-0.25, -0.2) is 8.42 Å². The molecule has 1 aromatic rings. The van der Waals surface area contributed by atoms with E-state index in [0.717, 1.165) is 5.56 Å². The highest BCUT2D eigenvalue weighted by Crippen LogP contribution is 2.11. The minimum atomic E-state index is -3.85. The molecule has 0 saturated carbocycles. The number of carboxylic acids is 1. The van der Waals surface area contributed by atoms with Gasteiger partial charge in [-0.05, 0) is 24.6 Å². The third-order valence-corrected chi connectivity index (χ3v) is 3.60. The van der Waals surface area contributed by atoms with E-state index in [2.05, 4.69) is 0 Å². The second kappa shape index (κ2) is 5.26. The molecule has 0 unspecified atom stereocenters. The van der Waals surface area contributed by atoms with Gasteiger partial charge in [0.1, 0.15) is 6.04 Å². The van der Waals surface area contributed by atoms with E-state index in [1.165, 1.54) is 12.1 Å². The van der Waals surface area contributed by atoms with Gasteiger partial charge in [-0.3, -0.25) is 4.79 Å². The molecule has 94 valence electrons. The second-order valence-electron chi connectivity index (χ2n) is 3.56. The molecule has 0 spiro atoms. The topological polar surface area (TPSA) is 109 Å². The van der Waals surface area contributed by atoms with E-state index >= 15 is 0 Å². The molecule has 0 aliphatic heterocycles. The van der Waals surface area contributed by atoms with Crippen molar-refractivity contribution >= 4 is 16.0 Å². The van der Waals surface area contributed by atoms with E-state index in [0.29, 0.717) is 0 Å². The summed E-state index contributed by atoms with van der Waals surface area (Å²) in [5, 5.41) is 8.73. The number of aliphatic carboxylic acids is 1. The lowest BCUT2D eigenvalue weighted by Crippen LogP contribution is -2.45. The number of hydrogen-bond donors (Lipinski definition) is 3. The van der Waals surface area contributed by atoms with Crippen molar-refractivity contribution < 1.29 is 18.3 Å². The third kappa shape index (κ3) is 3.52. The molecule has 1 aromatic carbocycles. The maximum atomic E-state index is 11.8. The lowest BCUT2D eigenvalue weighted by atomic mass is 10.2. The normalized spacial score (nSPS) is 13.3. The molecule has 0 fully saturated rings. The van der Waals surface area contributed by atoms with Crippen molar-refractivity contribution in [2.45, 2.75) is 17.9 Å². The summed E-state index contributed by atoms with van der Waals surface area (Å²) in [5.74, 6) is -1.30. The molecule has 0 aliphatic carbocycles. The van der Waals surface area contributed by atoms with Crippen LogP contribution in [0.15, 0.2) is 29.2 Å². The largest absolute Gasteiger partial charge is 0.480 e. The van der Waals surface area contributed by atoms with Crippen LogP contribution in [-0.4, -0.2) is 32.1 Å². The number of aryl methyl sites for hydroxylation is 1. The lowest BCUT2D eigenvalue weighted by molar-refractivity contribution is -0.138. The van der Waals surface area contributed by atoms with Crippen molar-refractivity contribution in [1.82, 2.24) is 4.72 Å². The van der Waals surface area contributed by atoms with Gasteiger partial charge in [-0.1, -0.05) is 12.1 Å². The number of hydrogen-bond acceptors (Lipinski definition) is 4. The summed E-state index contributed by atoms with van der Waals surface area (Å²) < 4.78 is 25.7. The van der Waals surface area contributed by atoms with Crippen molar-refractivity contribution in [3.05, 3.63) is 29.8 Å². The van der Waals surface area contributed by atoms with Crippen molar-refractivity contribution in [2.75, 3.05) is 6.54 Å². The van der Waals surface area contributed by atoms with Crippen LogP contribution in [0.5, 0.6) is 0 Å². The van der Waals surface area contributed by atoms with Gasteiger partial charge in [-0.2, -0.15) is 4.72 Å². The quantitative estimate of drug-likeness (QED) is 0.671. The number of nitrogens with one attached hydrogen (secondary N) is 1. The van der Waals surface area contributed by atoms with E-state index in [-0.39, 0.29) is 11.4 Å². The van der Waals surface area contributed by atoms with Gasteiger partial charge in [0.05, 0.1) is 4.90 Å². The molecule has 0 aromatic heterocycles. The zero-order valence-corrected chi connectivity index (χ0v) is 10.1. The molecular weight excluding hydrogens is 244 g/mol. The number of benzene rings is 1. The minimum absolute atomic E-state index is 0.0252. The van der Waals surface area contributed by atoms with Gasteiger partial charge < -0.3 is 10.8 Å². The van der Waals surface area contributed by atoms with E-state index in [4.69, 9.17) is 10.8 Å². The van der Waals surface area contributed by atoms with Crippen LogP contribution in [-0.2, 0) is 14.8 Å². The Labute approximate surface area is 99.5 Å². The number of nitrogens with two attached hydrogens (primary N) is 1. The molecule has 0 bridgehead atoms. The second-order valence-corrected chi connectivity index (χ2v) is 5.28. The minimum Gasteiger partial charge on any atom is -0.480 e. The fraction of sp³-hybridized carbons (Fsp3) is 0.300. The number of carbonyl (C=O) groups is 1. The third-order valence-electron chi connectivity index (χ3n) is 2.13. The number of sulfonamides is 1. The first kappa shape index (κ1) is 13.6. The fourth-order valence-electron chi connectivity index (χ4n) is 1.24. The van der Waals surface area contributed by atoms with Crippen molar-refractivity contribution in [3.63, 3.8) is 0 Å². The Morgan fingerprint density at radius 3 is 2.65 bits per heavy atom. The SMILES string of the molecule is Cc1cccc(S(=O)(=O)N[C@@H](CN)C(=O)O)c1. The summed E-state index contributed by atoms with van der Waals surface area (Å²) in [4.78, 5) is 10.7. The Morgan fingerprint density at radius 2 is 2.18 bits per heavy atom. The van der Waals surface area contributed by atoms with Crippen molar-refractivity contribution in [1.29, 1.82) is 0 Å². The summed E-state index contributed by atoms with van der Waals surface area (Å²) in [7, 11) is -3.85. The first-order valence-corrected chi connectivity index (χ1v) is 6.37. The number of rotatable bonds is 5. The Hall–Kier alpha value is -1.44. The van der Waals surface area contributed by atoms with Crippen LogP contribution < -0.4 is 10.5 Å². The number of carboxylic acid groups (broad SMARTS) is 1. The zero-order chi connectivity index (χ0) is 13.1. The van der Waals surface area contributed by atoms with Crippen LogP contribution in [0.3, 0.4) is 0 Å². The summed E-state index contributed by atoms with van der Waals surface area (Å²) >= 11 is 0. The van der Waals surface area contributed by atoms with Crippen LogP contribution >= 0.6 is 0 Å². The molecule has 1 rings (SSSR count). The predicted molar refractivity (Wildman–Crippen MR) is 62.0 cm³/mol. The zero-order valence-electron chi connectivity index (χ0n) is 9.25. The van der Waals surface area contributed by atoms with Gasteiger partial charge in [0.2, 0.25) is 10.0 Å². The van der Waals surface area contributed by atoms with Gasteiger partial charge in [-0.15, -0.1) is 0 Å². The van der Waals surface area contributed by atoms with Crippen LogP contribution in [0.1, 0.15) is 5.56 Å². The molecule has 0 amide bonds. The van der Waals surface area contributed by atoms with Gasteiger partial charge in [0, 0.05) is 6.54 Å². The highest BCUT2D eigenvalue weighted by molar-refractivity contribution is 7.89.